The summed E-state index contributed by atoms with van der Waals surface area (Å²) in [6.45, 7) is 7.45. The van der Waals surface area contributed by atoms with E-state index in [-0.39, 0.29) is 6.10 Å². The van der Waals surface area contributed by atoms with E-state index in [2.05, 4.69) is 13.8 Å². The van der Waals surface area contributed by atoms with E-state index in [4.69, 9.17) is 4.74 Å². The number of para-hydroxylation sites is 1. The van der Waals surface area contributed by atoms with Crippen LogP contribution in [0, 0.1) is 0 Å². The van der Waals surface area contributed by atoms with Gasteiger partial charge < -0.3 is 4.74 Å². The highest BCUT2D eigenvalue weighted by Gasteiger charge is 2.24. The third-order valence-corrected chi connectivity index (χ3v) is 3.04. The predicted molar refractivity (Wildman–Crippen MR) is 74.8 cm³/mol. The van der Waals surface area contributed by atoms with Crippen LogP contribution in [-0.2, 0) is 5.67 Å². The van der Waals surface area contributed by atoms with Gasteiger partial charge in [-0.3, -0.25) is 0 Å². The number of benzene rings is 1. The Labute approximate surface area is 110 Å². The topological polar surface area (TPSA) is 9.23 Å². The van der Waals surface area contributed by atoms with Gasteiger partial charge in [-0.1, -0.05) is 44.9 Å². The lowest BCUT2D eigenvalue weighted by molar-refractivity contribution is 0.160. The zero-order valence-corrected chi connectivity index (χ0v) is 12.0. The smallest absolute Gasteiger partial charge is 0.134 e. The van der Waals surface area contributed by atoms with Gasteiger partial charge in [0, 0.05) is 5.56 Å². The average Bonchev–Trinajstić information content (AvgIpc) is 2.29. The van der Waals surface area contributed by atoms with Crippen molar-refractivity contribution in [3.63, 3.8) is 0 Å². The van der Waals surface area contributed by atoms with Crippen molar-refractivity contribution in [3.05, 3.63) is 29.8 Å². The maximum absolute atomic E-state index is 14.1. The fourth-order valence-electron chi connectivity index (χ4n) is 2.15. The molecule has 1 aromatic rings. The summed E-state index contributed by atoms with van der Waals surface area (Å²) >= 11 is 0. The zero-order valence-electron chi connectivity index (χ0n) is 12.0. The number of hydrogen-bond donors (Lipinski definition) is 0. The van der Waals surface area contributed by atoms with E-state index in [0.29, 0.717) is 11.3 Å². The van der Waals surface area contributed by atoms with Crippen LogP contribution < -0.4 is 4.74 Å². The van der Waals surface area contributed by atoms with Crippen molar-refractivity contribution in [1.29, 1.82) is 0 Å². The van der Waals surface area contributed by atoms with E-state index in [1.165, 1.54) is 0 Å². The summed E-state index contributed by atoms with van der Waals surface area (Å²) in [4.78, 5) is 0. The van der Waals surface area contributed by atoms with E-state index < -0.39 is 5.67 Å². The summed E-state index contributed by atoms with van der Waals surface area (Å²) in [6.07, 6.45) is 4.42. The Morgan fingerprint density at radius 3 is 2.17 bits per heavy atom. The van der Waals surface area contributed by atoms with Gasteiger partial charge in [0.15, 0.2) is 0 Å². The van der Waals surface area contributed by atoms with Gasteiger partial charge in [-0.05, 0) is 32.8 Å². The summed E-state index contributed by atoms with van der Waals surface area (Å²) in [5.74, 6) is 0.692. The molecule has 2 heteroatoms. The second kappa shape index (κ2) is 6.77. The van der Waals surface area contributed by atoms with E-state index >= 15 is 0 Å². The van der Waals surface area contributed by atoms with Crippen molar-refractivity contribution in [2.45, 2.75) is 65.2 Å². The number of ether oxygens (including phenoxy) is 1. The molecular formula is C16H25FO. The van der Waals surface area contributed by atoms with Gasteiger partial charge >= 0.3 is 0 Å². The molecule has 0 amide bonds. The molecule has 1 rings (SSSR count). The summed E-state index contributed by atoms with van der Waals surface area (Å²) in [5.41, 5.74) is -0.721. The molecule has 0 aliphatic rings. The molecule has 0 N–H and O–H groups in total. The lowest BCUT2D eigenvalue weighted by Gasteiger charge is -2.23. The molecule has 18 heavy (non-hydrogen) atoms. The first-order valence-electron chi connectivity index (χ1n) is 6.94. The van der Waals surface area contributed by atoms with Gasteiger partial charge in [-0.25, -0.2) is 4.39 Å². The van der Waals surface area contributed by atoms with Gasteiger partial charge in [0.1, 0.15) is 11.4 Å². The summed E-state index contributed by atoms with van der Waals surface area (Å²) < 4.78 is 20.1. The highest BCUT2D eigenvalue weighted by Crippen LogP contribution is 2.33. The lowest BCUT2D eigenvalue weighted by Crippen LogP contribution is -2.19. The van der Waals surface area contributed by atoms with Crippen LogP contribution in [0.25, 0.3) is 0 Å². The van der Waals surface area contributed by atoms with Gasteiger partial charge in [0.2, 0.25) is 0 Å². The molecule has 0 saturated carbocycles. The Hall–Kier alpha value is -1.05. The van der Waals surface area contributed by atoms with Crippen molar-refractivity contribution in [3.8, 4) is 5.75 Å². The maximum Gasteiger partial charge on any atom is 0.134 e. The molecule has 0 fully saturated rings. The first-order chi connectivity index (χ1) is 8.49. The van der Waals surface area contributed by atoms with Crippen molar-refractivity contribution in [1.82, 2.24) is 0 Å². The Kier molecular flexibility index (Phi) is 5.64. The van der Waals surface area contributed by atoms with Crippen LogP contribution in [0.15, 0.2) is 24.3 Å². The number of halogens is 1. The number of alkyl halides is 1. The summed E-state index contributed by atoms with van der Waals surface area (Å²) in [5, 5.41) is 0. The molecule has 0 heterocycles. The van der Waals surface area contributed by atoms with Crippen LogP contribution in [0.1, 0.15) is 58.9 Å². The second-order valence-electron chi connectivity index (χ2n) is 5.29. The molecule has 102 valence electrons. The molecule has 0 radical (unpaired) electrons. The van der Waals surface area contributed by atoms with Crippen molar-refractivity contribution in [2.24, 2.45) is 0 Å². The van der Waals surface area contributed by atoms with Crippen molar-refractivity contribution in [2.75, 3.05) is 0 Å². The predicted octanol–water partition coefficient (Wildman–Crippen LogP) is 5.24. The lowest BCUT2D eigenvalue weighted by atomic mass is 9.99. The Bertz CT molecular complexity index is 348. The minimum absolute atomic E-state index is 0.198. The van der Waals surface area contributed by atoms with Gasteiger partial charge in [-0.2, -0.15) is 0 Å². The second-order valence-corrected chi connectivity index (χ2v) is 5.29. The molecule has 0 bridgehead atoms. The summed E-state index contributed by atoms with van der Waals surface area (Å²) in [6, 6.07) is 7.44. The average molecular weight is 252 g/mol. The summed E-state index contributed by atoms with van der Waals surface area (Å²) in [7, 11) is 0. The molecule has 0 aromatic heterocycles. The first kappa shape index (κ1) is 15.0. The van der Waals surface area contributed by atoms with E-state index in [1.54, 1.807) is 13.8 Å². The molecule has 0 spiro atoms. The fraction of sp³-hybridized carbons (Fsp3) is 0.625. The molecule has 0 unspecified atom stereocenters. The maximum atomic E-state index is 14.1. The Morgan fingerprint density at radius 1 is 1.11 bits per heavy atom. The zero-order chi connectivity index (χ0) is 13.6. The van der Waals surface area contributed by atoms with Crippen LogP contribution in [0.4, 0.5) is 4.39 Å². The largest absolute Gasteiger partial charge is 0.490 e. The quantitative estimate of drug-likeness (QED) is 0.645. The van der Waals surface area contributed by atoms with Crippen molar-refractivity contribution < 1.29 is 9.13 Å². The van der Waals surface area contributed by atoms with Crippen molar-refractivity contribution >= 4 is 0 Å². The molecule has 1 aromatic carbocycles. The third kappa shape index (κ3) is 4.32. The molecule has 0 atom stereocenters. The van der Waals surface area contributed by atoms with Crippen LogP contribution >= 0.6 is 0 Å². The molecular weight excluding hydrogens is 227 g/mol. The van der Waals surface area contributed by atoms with E-state index in [1.807, 2.05) is 24.3 Å². The van der Waals surface area contributed by atoms with Crippen LogP contribution in [-0.4, -0.2) is 6.10 Å². The van der Waals surface area contributed by atoms with E-state index in [0.717, 1.165) is 25.7 Å². The third-order valence-electron chi connectivity index (χ3n) is 3.04. The SMILES string of the molecule is CCCC(CCC)Oc1ccccc1C(C)(C)F. The number of hydrogen-bond acceptors (Lipinski definition) is 1. The van der Waals surface area contributed by atoms with Crippen LogP contribution in [0.5, 0.6) is 5.75 Å². The standard InChI is InChI=1S/C16H25FO/c1-5-9-13(10-6-2)18-15-12-8-7-11-14(15)16(3,4)17/h7-8,11-13H,5-6,9-10H2,1-4H3. The minimum atomic E-state index is -1.36. The van der Waals surface area contributed by atoms with Gasteiger partial charge in [0.25, 0.3) is 0 Å². The Morgan fingerprint density at radius 2 is 1.67 bits per heavy atom. The highest BCUT2D eigenvalue weighted by molar-refractivity contribution is 5.37. The minimum Gasteiger partial charge on any atom is -0.490 e. The Balaban J connectivity index is 2.88. The van der Waals surface area contributed by atoms with Crippen LogP contribution in [0.3, 0.4) is 0 Å². The molecule has 0 saturated heterocycles. The monoisotopic (exact) mass is 252 g/mol. The van der Waals surface area contributed by atoms with E-state index in [9.17, 15) is 4.39 Å². The van der Waals surface area contributed by atoms with Gasteiger partial charge in [0.05, 0.1) is 6.10 Å². The number of rotatable bonds is 7. The molecule has 0 aliphatic heterocycles. The normalized spacial score (nSPS) is 11.9. The van der Waals surface area contributed by atoms with Crippen LogP contribution in [0.2, 0.25) is 0 Å². The van der Waals surface area contributed by atoms with Gasteiger partial charge in [-0.15, -0.1) is 0 Å². The molecule has 0 aliphatic carbocycles. The highest BCUT2D eigenvalue weighted by atomic mass is 19.1. The fourth-order valence-corrected chi connectivity index (χ4v) is 2.15. The molecule has 1 nitrogen and oxygen atoms in total. The first-order valence-corrected chi connectivity index (χ1v) is 6.94.